The maximum Gasteiger partial charge on any atom is 0.337 e. The fraction of sp³-hybridized carbons (Fsp3) is 0.100. The molecule has 0 aliphatic heterocycles. The van der Waals surface area contributed by atoms with Crippen molar-refractivity contribution in [3.63, 3.8) is 0 Å². The van der Waals surface area contributed by atoms with Crippen LogP contribution in [0.25, 0.3) is 32.9 Å². The monoisotopic (exact) mass is 316 g/mol. The van der Waals surface area contributed by atoms with Crippen LogP contribution in [0.4, 0.5) is 0 Å². The minimum Gasteiger partial charge on any atom is -0.465 e. The van der Waals surface area contributed by atoms with Crippen LogP contribution in [0.3, 0.4) is 0 Å². The van der Waals surface area contributed by atoms with E-state index in [1.807, 2.05) is 43.7 Å². The van der Waals surface area contributed by atoms with Gasteiger partial charge in [-0.3, -0.25) is 4.98 Å². The highest BCUT2D eigenvalue weighted by Crippen LogP contribution is 2.31. The Bertz CT molecular complexity index is 1080. The zero-order chi connectivity index (χ0) is 16.7. The van der Waals surface area contributed by atoms with Gasteiger partial charge in [0.05, 0.1) is 24.4 Å². The van der Waals surface area contributed by atoms with Gasteiger partial charge < -0.3 is 9.30 Å². The molecule has 4 rings (SSSR count). The van der Waals surface area contributed by atoms with Gasteiger partial charge >= 0.3 is 5.97 Å². The van der Waals surface area contributed by atoms with Gasteiger partial charge in [0.1, 0.15) is 0 Å². The predicted molar refractivity (Wildman–Crippen MR) is 95.0 cm³/mol. The van der Waals surface area contributed by atoms with Gasteiger partial charge in [0, 0.05) is 29.5 Å². The van der Waals surface area contributed by atoms with E-state index in [1.54, 1.807) is 6.07 Å². The lowest BCUT2D eigenvalue weighted by Crippen LogP contribution is -2.00. The second-order valence-electron chi connectivity index (χ2n) is 5.76. The maximum absolute atomic E-state index is 11.8. The normalized spacial score (nSPS) is 11.1. The highest BCUT2D eigenvalue weighted by molar-refractivity contribution is 6.09. The number of aryl methyl sites for hydroxylation is 1. The molecule has 0 bridgehead atoms. The van der Waals surface area contributed by atoms with Crippen molar-refractivity contribution in [2.24, 2.45) is 7.05 Å². The number of methoxy groups -OCH3 is 1. The third kappa shape index (κ3) is 2.15. The molecule has 24 heavy (non-hydrogen) atoms. The largest absolute Gasteiger partial charge is 0.465 e. The first-order valence-corrected chi connectivity index (χ1v) is 7.70. The average Bonchev–Trinajstić information content (AvgIpc) is 2.93. The predicted octanol–water partition coefficient (Wildman–Crippen LogP) is 4.18. The van der Waals surface area contributed by atoms with E-state index in [4.69, 9.17) is 4.74 Å². The molecular formula is C20H16N2O2. The van der Waals surface area contributed by atoms with E-state index in [9.17, 15) is 4.79 Å². The molecule has 0 radical (unpaired) electrons. The summed E-state index contributed by atoms with van der Waals surface area (Å²) in [6.45, 7) is 0. The Hall–Kier alpha value is -3.14. The van der Waals surface area contributed by atoms with Crippen LogP contribution in [0.15, 0.2) is 60.9 Å². The van der Waals surface area contributed by atoms with Crippen molar-refractivity contribution >= 4 is 27.8 Å². The second-order valence-corrected chi connectivity index (χ2v) is 5.76. The van der Waals surface area contributed by atoms with Crippen LogP contribution in [0.2, 0.25) is 0 Å². The number of carbonyl (C=O) groups is 1. The van der Waals surface area contributed by atoms with Gasteiger partial charge in [-0.1, -0.05) is 18.2 Å². The van der Waals surface area contributed by atoms with Crippen molar-refractivity contribution in [3.8, 4) is 11.1 Å². The lowest BCUT2D eigenvalue weighted by atomic mass is 10.0. The number of benzene rings is 2. The van der Waals surface area contributed by atoms with Crippen molar-refractivity contribution in [1.29, 1.82) is 0 Å². The topological polar surface area (TPSA) is 44.1 Å². The SMILES string of the molecule is COC(=O)c1cccc(-c2ccc3c(c2)c2ccncc2n3C)c1. The zero-order valence-corrected chi connectivity index (χ0v) is 13.5. The molecule has 4 heteroatoms. The van der Waals surface area contributed by atoms with Gasteiger partial charge in [0.2, 0.25) is 0 Å². The van der Waals surface area contributed by atoms with Crippen LogP contribution in [0.1, 0.15) is 10.4 Å². The number of esters is 1. The molecule has 2 aromatic heterocycles. The van der Waals surface area contributed by atoms with Crippen molar-refractivity contribution in [2.75, 3.05) is 7.11 Å². The molecule has 118 valence electrons. The summed E-state index contributed by atoms with van der Waals surface area (Å²) in [5, 5.41) is 2.35. The van der Waals surface area contributed by atoms with Crippen LogP contribution >= 0.6 is 0 Å². The van der Waals surface area contributed by atoms with E-state index < -0.39 is 0 Å². The fourth-order valence-electron chi connectivity index (χ4n) is 3.18. The molecule has 0 atom stereocenters. The number of ether oxygens (including phenoxy) is 1. The number of fused-ring (bicyclic) bond motifs is 3. The fourth-order valence-corrected chi connectivity index (χ4v) is 3.18. The zero-order valence-electron chi connectivity index (χ0n) is 13.5. The lowest BCUT2D eigenvalue weighted by Gasteiger charge is -2.05. The summed E-state index contributed by atoms with van der Waals surface area (Å²) in [7, 11) is 3.44. The van der Waals surface area contributed by atoms with E-state index in [1.165, 1.54) is 17.9 Å². The lowest BCUT2D eigenvalue weighted by molar-refractivity contribution is 0.0601. The van der Waals surface area contributed by atoms with Crippen molar-refractivity contribution in [1.82, 2.24) is 9.55 Å². The number of aromatic nitrogens is 2. The van der Waals surface area contributed by atoms with Crippen LogP contribution in [-0.2, 0) is 11.8 Å². The van der Waals surface area contributed by atoms with Crippen molar-refractivity contribution in [2.45, 2.75) is 0 Å². The van der Waals surface area contributed by atoms with Crippen LogP contribution in [0.5, 0.6) is 0 Å². The molecule has 0 fully saturated rings. The highest BCUT2D eigenvalue weighted by Gasteiger charge is 2.11. The number of rotatable bonds is 2. The maximum atomic E-state index is 11.8. The Morgan fingerprint density at radius 2 is 1.83 bits per heavy atom. The number of hydrogen-bond acceptors (Lipinski definition) is 3. The van der Waals surface area contributed by atoms with E-state index >= 15 is 0 Å². The summed E-state index contributed by atoms with van der Waals surface area (Å²) in [6.07, 6.45) is 3.69. The molecule has 2 heterocycles. The summed E-state index contributed by atoms with van der Waals surface area (Å²) >= 11 is 0. The molecule has 0 spiro atoms. The van der Waals surface area contributed by atoms with Crippen molar-refractivity contribution in [3.05, 3.63) is 66.5 Å². The summed E-state index contributed by atoms with van der Waals surface area (Å²) < 4.78 is 6.95. The number of pyridine rings is 1. The smallest absolute Gasteiger partial charge is 0.337 e. The molecule has 0 saturated heterocycles. The van der Waals surface area contributed by atoms with Gasteiger partial charge in [-0.2, -0.15) is 0 Å². The summed E-state index contributed by atoms with van der Waals surface area (Å²) in [5.41, 5.74) is 4.87. The molecule has 4 aromatic rings. The van der Waals surface area contributed by atoms with E-state index in [-0.39, 0.29) is 5.97 Å². The van der Waals surface area contributed by atoms with Crippen LogP contribution in [0, 0.1) is 0 Å². The highest BCUT2D eigenvalue weighted by atomic mass is 16.5. The molecule has 0 aliphatic rings. The van der Waals surface area contributed by atoms with Gasteiger partial charge in [0.25, 0.3) is 0 Å². The average molecular weight is 316 g/mol. The Morgan fingerprint density at radius 3 is 2.67 bits per heavy atom. The summed E-state index contributed by atoms with van der Waals surface area (Å²) in [4.78, 5) is 16.0. The van der Waals surface area contributed by atoms with Gasteiger partial charge in [-0.15, -0.1) is 0 Å². The summed E-state index contributed by atoms with van der Waals surface area (Å²) in [5.74, 6) is -0.325. The Kier molecular flexibility index (Phi) is 3.31. The Labute approximate surface area is 139 Å². The van der Waals surface area contributed by atoms with Gasteiger partial charge in [-0.25, -0.2) is 4.79 Å². The number of nitrogens with zero attached hydrogens (tertiary/aromatic N) is 2. The number of carbonyl (C=O) groups excluding carboxylic acids is 1. The Balaban J connectivity index is 1.92. The first-order valence-electron chi connectivity index (χ1n) is 7.70. The molecule has 0 saturated carbocycles. The minimum absolute atomic E-state index is 0.325. The first-order chi connectivity index (χ1) is 11.7. The molecule has 2 aromatic carbocycles. The molecule has 0 N–H and O–H groups in total. The molecule has 0 amide bonds. The number of hydrogen-bond donors (Lipinski definition) is 0. The molecule has 0 aliphatic carbocycles. The molecular weight excluding hydrogens is 300 g/mol. The van der Waals surface area contributed by atoms with Crippen LogP contribution < -0.4 is 0 Å². The third-order valence-electron chi connectivity index (χ3n) is 4.43. The van der Waals surface area contributed by atoms with Gasteiger partial charge in [0.15, 0.2) is 0 Å². The second kappa shape index (κ2) is 5.49. The Morgan fingerprint density at radius 1 is 1.00 bits per heavy atom. The molecule has 4 nitrogen and oxygen atoms in total. The van der Waals surface area contributed by atoms with Crippen LogP contribution in [-0.4, -0.2) is 22.6 Å². The van der Waals surface area contributed by atoms with E-state index in [2.05, 4.69) is 27.8 Å². The first kappa shape index (κ1) is 14.5. The quantitative estimate of drug-likeness (QED) is 0.521. The minimum atomic E-state index is -0.325. The van der Waals surface area contributed by atoms with Crippen molar-refractivity contribution < 1.29 is 9.53 Å². The summed E-state index contributed by atoms with van der Waals surface area (Å²) in [6, 6.07) is 15.9. The van der Waals surface area contributed by atoms with Gasteiger partial charge in [-0.05, 0) is 41.5 Å². The van der Waals surface area contributed by atoms with E-state index in [0.717, 1.165) is 22.2 Å². The third-order valence-corrected chi connectivity index (χ3v) is 4.43. The van der Waals surface area contributed by atoms with E-state index in [0.29, 0.717) is 5.56 Å². The molecule has 0 unspecified atom stereocenters. The standard InChI is InChI=1S/C20H16N2O2/c1-22-18-7-6-14(11-17(18)16-8-9-21-12-19(16)22)13-4-3-5-15(10-13)20(23)24-2/h3-12H,1-2H3.